The quantitative estimate of drug-likeness (QED) is 0.873. The van der Waals surface area contributed by atoms with Gasteiger partial charge in [0.05, 0.1) is 16.3 Å². The number of carbonyl (C=O) groups is 2. The lowest BCUT2D eigenvalue weighted by atomic mass is 9.75. The van der Waals surface area contributed by atoms with Gasteiger partial charge in [0.15, 0.2) is 9.84 Å². The monoisotopic (exact) mass is 358 g/mol. The Bertz CT molecular complexity index is 716. The molecule has 2 rings (SSSR count). The molecule has 0 saturated heterocycles. The summed E-state index contributed by atoms with van der Waals surface area (Å²) in [5.74, 6) is -0.897. The minimum atomic E-state index is -3.42. The van der Waals surface area contributed by atoms with Gasteiger partial charge in [0, 0.05) is 19.1 Å². The van der Waals surface area contributed by atoms with Crippen molar-refractivity contribution >= 4 is 33.2 Å². The molecule has 1 fully saturated rings. The van der Waals surface area contributed by atoms with Crippen LogP contribution in [0.1, 0.15) is 43.6 Å². The number of halogens is 1. The predicted octanol–water partition coefficient (Wildman–Crippen LogP) is 3.06. The second kappa shape index (κ2) is 7.01. The van der Waals surface area contributed by atoms with Gasteiger partial charge in [0.2, 0.25) is 0 Å². The van der Waals surface area contributed by atoms with Crippen LogP contribution < -0.4 is 0 Å². The molecule has 1 aromatic rings. The molecule has 7 heteroatoms. The molecule has 0 spiro atoms. The maximum absolute atomic E-state index is 11.6. The van der Waals surface area contributed by atoms with Gasteiger partial charge in [-0.05, 0) is 42.4 Å². The first-order valence-corrected chi connectivity index (χ1v) is 9.68. The van der Waals surface area contributed by atoms with Crippen molar-refractivity contribution in [2.45, 2.75) is 42.9 Å². The number of carboxylic acids is 1. The zero-order valence-electron chi connectivity index (χ0n) is 12.8. The largest absolute Gasteiger partial charge is 0.481 e. The molecule has 126 valence electrons. The maximum Gasteiger partial charge on any atom is 0.303 e. The highest BCUT2D eigenvalue weighted by atomic mass is 35.5. The van der Waals surface area contributed by atoms with Crippen LogP contribution in [0.4, 0.5) is 0 Å². The fourth-order valence-corrected chi connectivity index (χ4v) is 4.50. The van der Waals surface area contributed by atoms with E-state index in [0.717, 1.165) is 6.26 Å². The molecule has 0 aliphatic heterocycles. The molecule has 1 saturated carbocycles. The topological polar surface area (TPSA) is 88.5 Å². The Morgan fingerprint density at radius 1 is 1.35 bits per heavy atom. The van der Waals surface area contributed by atoms with E-state index in [2.05, 4.69) is 0 Å². The van der Waals surface area contributed by atoms with E-state index in [1.54, 1.807) is 12.1 Å². The van der Waals surface area contributed by atoms with Crippen LogP contribution >= 0.6 is 11.6 Å². The lowest BCUT2D eigenvalue weighted by Crippen LogP contribution is -2.22. The van der Waals surface area contributed by atoms with Crippen molar-refractivity contribution in [3.8, 4) is 0 Å². The van der Waals surface area contributed by atoms with E-state index in [1.807, 2.05) is 0 Å². The van der Waals surface area contributed by atoms with Crippen molar-refractivity contribution in [2.75, 3.05) is 6.26 Å². The number of rotatable bonds is 5. The Labute approximate surface area is 140 Å². The standard InChI is InChI=1S/C16H19ClO5S/c1-23(21,22)15-7-4-11(8-14(15)17)13(9-16(19)20)10-2-5-12(18)6-3-10/h4,7-8,10,13H,2-3,5-6,9H2,1H3,(H,19,20)/t13-/m1/s1. The summed E-state index contributed by atoms with van der Waals surface area (Å²) < 4.78 is 23.3. The summed E-state index contributed by atoms with van der Waals surface area (Å²) in [5.41, 5.74) is 0.712. The number of hydrogen-bond acceptors (Lipinski definition) is 4. The van der Waals surface area contributed by atoms with Crippen LogP contribution in [-0.2, 0) is 19.4 Å². The van der Waals surface area contributed by atoms with Crippen molar-refractivity contribution in [1.82, 2.24) is 0 Å². The SMILES string of the molecule is CS(=O)(=O)c1ccc([C@H](CC(=O)O)C2CCC(=O)CC2)cc1Cl. The van der Waals surface area contributed by atoms with E-state index in [9.17, 15) is 23.1 Å². The molecule has 0 bridgehead atoms. The van der Waals surface area contributed by atoms with Gasteiger partial charge < -0.3 is 5.11 Å². The third kappa shape index (κ3) is 4.54. The first kappa shape index (κ1) is 17.9. The minimum absolute atomic E-state index is 0.0378. The van der Waals surface area contributed by atoms with Gasteiger partial charge in [0.25, 0.3) is 0 Å². The minimum Gasteiger partial charge on any atom is -0.481 e. The fraction of sp³-hybridized carbons (Fsp3) is 0.500. The molecule has 0 radical (unpaired) electrons. The summed E-state index contributed by atoms with van der Waals surface area (Å²) in [7, 11) is -3.42. The highest BCUT2D eigenvalue weighted by Crippen LogP contribution is 2.39. The van der Waals surface area contributed by atoms with Crippen molar-refractivity contribution in [2.24, 2.45) is 5.92 Å². The molecule has 1 aromatic carbocycles. The third-order valence-corrected chi connectivity index (χ3v) is 5.91. The number of carboxylic acid groups (broad SMARTS) is 1. The van der Waals surface area contributed by atoms with Gasteiger partial charge in [-0.3, -0.25) is 9.59 Å². The average Bonchev–Trinajstić information content (AvgIpc) is 2.44. The molecule has 1 aliphatic rings. The van der Waals surface area contributed by atoms with Crippen molar-refractivity contribution in [1.29, 1.82) is 0 Å². The predicted molar refractivity (Wildman–Crippen MR) is 86.5 cm³/mol. The molecule has 1 atom stereocenters. The summed E-state index contributed by atoms with van der Waals surface area (Å²) in [5, 5.41) is 9.29. The van der Waals surface area contributed by atoms with Gasteiger partial charge in [-0.15, -0.1) is 0 Å². The Morgan fingerprint density at radius 3 is 2.43 bits per heavy atom. The number of sulfone groups is 1. The highest BCUT2D eigenvalue weighted by Gasteiger charge is 2.30. The zero-order chi connectivity index (χ0) is 17.2. The Balaban J connectivity index is 2.34. The fourth-order valence-electron chi connectivity index (χ4n) is 3.16. The van der Waals surface area contributed by atoms with Crippen LogP contribution in [0.15, 0.2) is 23.1 Å². The lowest BCUT2D eigenvalue weighted by Gasteiger charge is -2.29. The molecular weight excluding hydrogens is 340 g/mol. The van der Waals surface area contributed by atoms with Crippen LogP contribution in [0.25, 0.3) is 0 Å². The number of Topliss-reactive ketones (excluding diaryl/α,β-unsaturated/α-hetero) is 1. The van der Waals surface area contributed by atoms with Crippen LogP contribution in [0.5, 0.6) is 0 Å². The van der Waals surface area contributed by atoms with E-state index in [4.69, 9.17) is 11.6 Å². The second-order valence-electron chi connectivity index (χ2n) is 6.04. The van der Waals surface area contributed by atoms with Crippen LogP contribution in [0, 0.1) is 5.92 Å². The number of benzene rings is 1. The summed E-state index contributed by atoms with van der Waals surface area (Å²) in [6, 6.07) is 4.60. The van der Waals surface area contributed by atoms with Gasteiger partial charge in [-0.25, -0.2) is 8.42 Å². The molecule has 0 unspecified atom stereocenters. The molecule has 1 N–H and O–H groups in total. The Hall–Kier alpha value is -1.40. The second-order valence-corrected chi connectivity index (χ2v) is 8.43. The van der Waals surface area contributed by atoms with Gasteiger partial charge in [-0.1, -0.05) is 17.7 Å². The first-order chi connectivity index (χ1) is 10.7. The van der Waals surface area contributed by atoms with Crippen molar-refractivity contribution in [3.63, 3.8) is 0 Å². The molecule has 0 heterocycles. The highest BCUT2D eigenvalue weighted by molar-refractivity contribution is 7.90. The molecular formula is C16H19ClO5S. The van der Waals surface area contributed by atoms with Gasteiger partial charge >= 0.3 is 5.97 Å². The number of ketones is 1. The summed E-state index contributed by atoms with van der Waals surface area (Å²) in [6.45, 7) is 0. The maximum atomic E-state index is 11.6. The van der Waals surface area contributed by atoms with E-state index < -0.39 is 15.8 Å². The van der Waals surface area contributed by atoms with E-state index in [1.165, 1.54) is 6.07 Å². The number of hydrogen-bond donors (Lipinski definition) is 1. The third-order valence-electron chi connectivity index (χ3n) is 4.34. The van der Waals surface area contributed by atoms with Crippen LogP contribution in [0.3, 0.4) is 0 Å². The van der Waals surface area contributed by atoms with E-state index in [-0.39, 0.29) is 34.0 Å². The summed E-state index contributed by atoms with van der Waals surface area (Å²) in [6.07, 6.45) is 3.26. The molecule has 0 amide bonds. The first-order valence-electron chi connectivity index (χ1n) is 7.41. The van der Waals surface area contributed by atoms with Crippen LogP contribution in [0.2, 0.25) is 5.02 Å². The Kier molecular flexibility index (Phi) is 5.47. The summed E-state index contributed by atoms with van der Waals surface area (Å²) >= 11 is 6.08. The molecule has 23 heavy (non-hydrogen) atoms. The Morgan fingerprint density at radius 2 is 1.96 bits per heavy atom. The normalized spacial score (nSPS) is 17.9. The number of carbonyl (C=O) groups excluding carboxylic acids is 1. The van der Waals surface area contributed by atoms with Gasteiger partial charge in [0.1, 0.15) is 5.78 Å². The zero-order valence-corrected chi connectivity index (χ0v) is 14.4. The van der Waals surface area contributed by atoms with Crippen LogP contribution in [-0.4, -0.2) is 31.5 Å². The summed E-state index contributed by atoms with van der Waals surface area (Å²) in [4.78, 5) is 22.6. The number of aliphatic carboxylic acids is 1. The van der Waals surface area contributed by atoms with E-state index in [0.29, 0.717) is 31.2 Å². The molecule has 0 aromatic heterocycles. The molecule has 5 nitrogen and oxygen atoms in total. The smallest absolute Gasteiger partial charge is 0.303 e. The van der Waals surface area contributed by atoms with E-state index >= 15 is 0 Å². The van der Waals surface area contributed by atoms with Crippen molar-refractivity contribution in [3.05, 3.63) is 28.8 Å². The van der Waals surface area contributed by atoms with Crippen molar-refractivity contribution < 1.29 is 23.1 Å². The average molecular weight is 359 g/mol. The van der Waals surface area contributed by atoms with Gasteiger partial charge in [-0.2, -0.15) is 0 Å². The molecule has 1 aliphatic carbocycles. The lowest BCUT2D eigenvalue weighted by molar-refractivity contribution is -0.137.